The van der Waals surface area contributed by atoms with Gasteiger partial charge in [0.05, 0.1) is 5.41 Å². The molecule has 0 aliphatic carbocycles. The maximum atomic E-state index is 12.5. The average molecular weight is 341 g/mol. The zero-order chi connectivity index (χ0) is 17.7. The van der Waals surface area contributed by atoms with Gasteiger partial charge in [0.1, 0.15) is 0 Å². The molecule has 2 rings (SSSR count). The molecule has 2 heteroatoms. The quantitative estimate of drug-likeness (QED) is 0.573. The molecule has 0 amide bonds. The van der Waals surface area contributed by atoms with Crippen molar-refractivity contribution in [2.45, 2.75) is 27.7 Å². The average Bonchev–Trinajstić information content (AvgIpc) is 2.56. The number of hydrogen-bond donors (Lipinski definition) is 0. The van der Waals surface area contributed by atoms with Crippen molar-refractivity contribution in [3.05, 3.63) is 77.9 Å². The first-order valence-electron chi connectivity index (χ1n) is 8.43. The number of allylic oxidation sites excluding steroid dienone is 1. The first-order chi connectivity index (χ1) is 11.4. The largest absolute Gasteiger partial charge is 0.280 e. The van der Waals surface area contributed by atoms with E-state index in [0.717, 1.165) is 16.7 Å². The molecule has 1 nitrogen and oxygen atoms in total. The zero-order valence-electron chi connectivity index (χ0n) is 14.8. The molecule has 0 fully saturated rings. The molecule has 0 N–H and O–H groups in total. The fraction of sp³-hybridized carbons (Fsp3) is 0.318. The second-order valence-electron chi connectivity index (χ2n) is 6.81. The van der Waals surface area contributed by atoms with Gasteiger partial charge in [-0.05, 0) is 40.1 Å². The van der Waals surface area contributed by atoms with E-state index in [1.54, 1.807) is 0 Å². The Morgan fingerprint density at radius 1 is 0.833 bits per heavy atom. The molecule has 0 aromatic heterocycles. The lowest BCUT2D eigenvalue weighted by molar-refractivity contribution is -0.122. The van der Waals surface area contributed by atoms with Gasteiger partial charge in [0.2, 0.25) is 5.24 Å². The van der Waals surface area contributed by atoms with E-state index >= 15 is 0 Å². The molecule has 0 spiro atoms. The molecule has 0 atom stereocenters. The Balaban J connectivity index is 2.74. The minimum atomic E-state index is -0.706. The predicted molar refractivity (Wildman–Crippen MR) is 103 cm³/mol. The summed E-state index contributed by atoms with van der Waals surface area (Å²) in [7, 11) is 0. The summed E-state index contributed by atoms with van der Waals surface area (Å²) in [6.07, 6.45) is 2.09. The van der Waals surface area contributed by atoms with Crippen LogP contribution >= 0.6 is 11.6 Å². The van der Waals surface area contributed by atoms with Crippen LogP contribution in [0.1, 0.15) is 38.8 Å². The van der Waals surface area contributed by atoms with Gasteiger partial charge in [0, 0.05) is 0 Å². The van der Waals surface area contributed by atoms with Gasteiger partial charge in [-0.1, -0.05) is 94.4 Å². The van der Waals surface area contributed by atoms with Gasteiger partial charge in [0.25, 0.3) is 0 Å². The van der Waals surface area contributed by atoms with Gasteiger partial charge in [-0.2, -0.15) is 0 Å². The third kappa shape index (κ3) is 3.62. The highest BCUT2D eigenvalue weighted by Gasteiger charge is 2.42. The number of hydrogen-bond acceptors (Lipinski definition) is 1. The number of carbonyl (C=O) groups excluding carboxylic acids is 1. The van der Waals surface area contributed by atoms with Gasteiger partial charge >= 0.3 is 0 Å². The van der Waals surface area contributed by atoms with Crippen LogP contribution in [-0.4, -0.2) is 5.24 Å². The van der Waals surface area contributed by atoms with E-state index in [0.29, 0.717) is 0 Å². The van der Waals surface area contributed by atoms with Crippen LogP contribution in [0.5, 0.6) is 0 Å². The first kappa shape index (κ1) is 18.5. The second-order valence-corrected chi connectivity index (χ2v) is 7.15. The maximum Gasteiger partial charge on any atom is 0.232 e. The Morgan fingerprint density at radius 2 is 1.21 bits per heavy atom. The maximum absolute atomic E-state index is 12.5. The van der Waals surface area contributed by atoms with Crippen molar-refractivity contribution >= 4 is 22.4 Å². The molecule has 126 valence electrons. The van der Waals surface area contributed by atoms with Crippen LogP contribution in [0.4, 0.5) is 0 Å². The molecule has 0 aliphatic rings. The molecule has 0 heterocycles. The zero-order valence-corrected chi connectivity index (χ0v) is 15.5. The van der Waals surface area contributed by atoms with E-state index in [1.165, 1.54) is 0 Å². The number of benzene rings is 2. The van der Waals surface area contributed by atoms with Crippen molar-refractivity contribution in [3.8, 4) is 0 Å². The predicted octanol–water partition coefficient (Wildman–Crippen LogP) is 6.18. The van der Waals surface area contributed by atoms with Crippen molar-refractivity contribution in [2.75, 3.05) is 0 Å². The Bertz CT molecular complexity index is 650. The minimum Gasteiger partial charge on any atom is -0.280 e. The van der Waals surface area contributed by atoms with E-state index < -0.39 is 5.41 Å². The number of carbonyl (C=O) groups is 1. The van der Waals surface area contributed by atoms with Crippen LogP contribution in [0.3, 0.4) is 0 Å². The van der Waals surface area contributed by atoms with Crippen LogP contribution in [0.2, 0.25) is 0 Å². The van der Waals surface area contributed by atoms with Gasteiger partial charge < -0.3 is 0 Å². The summed E-state index contributed by atoms with van der Waals surface area (Å²) in [5.74, 6) is 0.204. The third-order valence-corrected chi connectivity index (χ3v) is 5.13. The molecule has 0 radical (unpaired) electrons. The molecule has 2 aromatic carbocycles. The monoisotopic (exact) mass is 340 g/mol. The summed E-state index contributed by atoms with van der Waals surface area (Å²) in [6, 6.07) is 20.3. The standard InChI is InChI=1S/C22H25ClO/c1-16(2)22(17(3)4,21(23)24)15-20(18-11-7-5-8-12-18)19-13-9-6-10-14-19/h5-17H,1-4H3. The van der Waals surface area contributed by atoms with Gasteiger partial charge in [0.15, 0.2) is 0 Å². The Kier molecular flexibility index (Phi) is 6.01. The van der Waals surface area contributed by atoms with E-state index in [4.69, 9.17) is 11.6 Å². The summed E-state index contributed by atoms with van der Waals surface area (Å²) in [5.41, 5.74) is 2.52. The van der Waals surface area contributed by atoms with Crippen molar-refractivity contribution in [2.24, 2.45) is 17.3 Å². The molecular weight excluding hydrogens is 316 g/mol. The second kappa shape index (κ2) is 7.81. The van der Waals surface area contributed by atoms with Crippen LogP contribution in [0, 0.1) is 17.3 Å². The molecule has 2 aromatic rings. The van der Waals surface area contributed by atoms with Gasteiger partial charge in [-0.3, -0.25) is 4.79 Å². The molecule has 24 heavy (non-hydrogen) atoms. The minimum absolute atomic E-state index is 0.102. The number of halogens is 1. The van der Waals surface area contributed by atoms with Gasteiger partial charge in [-0.25, -0.2) is 0 Å². The summed E-state index contributed by atoms with van der Waals surface area (Å²) in [4.78, 5) is 12.5. The van der Waals surface area contributed by atoms with Crippen LogP contribution in [0.25, 0.3) is 5.57 Å². The van der Waals surface area contributed by atoms with E-state index in [2.05, 4.69) is 58.0 Å². The normalized spacial score (nSPS) is 11.6. The SMILES string of the molecule is CC(C)C(C=C(c1ccccc1)c1ccccc1)(C(=O)Cl)C(C)C. The molecule has 0 saturated heterocycles. The molecule has 0 aliphatic heterocycles. The fourth-order valence-corrected chi connectivity index (χ4v) is 3.81. The lowest BCUT2D eigenvalue weighted by atomic mass is 9.68. The Hall–Kier alpha value is -1.86. The van der Waals surface area contributed by atoms with Crippen LogP contribution < -0.4 is 0 Å². The van der Waals surface area contributed by atoms with E-state index in [-0.39, 0.29) is 17.1 Å². The highest BCUT2D eigenvalue weighted by Crippen LogP contribution is 2.43. The highest BCUT2D eigenvalue weighted by atomic mass is 35.5. The lowest BCUT2D eigenvalue weighted by Crippen LogP contribution is -2.37. The van der Waals surface area contributed by atoms with Crippen molar-refractivity contribution < 1.29 is 4.79 Å². The summed E-state index contributed by atoms with van der Waals surface area (Å²) < 4.78 is 0. The summed E-state index contributed by atoms with van der Waals surface area (Å²) in [5, 5.41) is -0.295. The van der Waals surface area contributed by atoms with E-state index in [9.17, 15) is 4.79 Å². The first-order valence-corrected chi connectivity index (χ1v) is 8.81. The molecule has 0 bridgehead atoms. The summed E-state index contributed by atoms with van der Waals surface area (Å²) >= 11 is 6.13. The molecular formula is C22H25ClO. The third-order valence-electron chi connectivity index (χ3n) is 4.80. The lowest BCUT2D eigenvalue weighted by Gasteiger charge is -2.36. The number of rotatable bonds is 6. The van der Waals surface area contributed by atoms with Gasteiger partial charge in [-0.15, -0.1) is 0 Å². The molecule has 0 saturated carbocycles. The van der Waals surface area contributed by atoms with Crippen molar-refractivity contribution in [3.63, 3.8) is 0 Å². The fourth-order valence-electron chi connectivity index (χ4n) is 3.32. The highest BCUT2D eigenvalue weighted by molar-refractivity contribution is 6.65. The topological polar surface area (TPSA) is 17.1 Å². The van der Waals surface area contributed by atoms with Crippen LogP contribution in [-0.2, 0) is 4.79 Å². The Labute approximate surface area is 150 Å². The Morgan fingerprint density at radius 3 is 1.50 bits per heavy atom. The smallest absolute Gasteiger partial charge is 0.232 e. The van der Waals surface area contributed by atoms with E-state index in [1.807, 2.05) is 36.4 Å². The van der Waals surface area contributed by atoms with Crippen LogP contribution in [0.15, 0.2) is 66.7 Å². The van der Waals surface area contributed by atoms with Crippen molar-refractivity contribution in [1.29, 1.82) is 0 Å². The molecule has 0 unspecified atom stereocenters. The summed E-state index contributed by atoms with van der Waals surface area (Å²) in [6.45, 7) is 8.24. The van der Waals surface area contributed by atoms with Crippen molar-refractivity contribution in [1.82, 2.24) is 0 Å².